The van der Waals surface area contributed by atoms with Crippen LogP contribution in [0.3, 0.4) is 0 Å². The topological polar surface area (TPSA) is 76.1 Å². The maximum absolute atomic E-state index is 13.5. The molecule has 4 N–H and O–H groups in total. The van der Waals surface area contributed by atoms with Crippen LogP contribution in [-0.2, 0) is 9.53 Å². The summed E-state index contributed by atoms with van der Waals surface area (Å²) in [5, 5.41) is 3.36. The zero-order chi connectivity index (χ0) is 18.8. The fourth-order valence-electron chi connectivity index (χ4n) is 2.50. The van der Waals surface area contributed by atoms with Crippen molar-refractivity contribution in [3.63, 3.8) is 0 Å². The molecule has 1 aliphatic heterocycles. The molecule has 0 radical (unpaired) electrons. The SMILES string of the molecule is C[C@@H](Oc1ccccc1F)C(=O)NNC(=S)NCCC[NH+]1CCOCC1. The standard InChI is InChI=1S/C17H25FN4O3S/c1-13(25-15-6-3-2-5-14(15)18)16(23)20-21-17(26)19-7-4-8-22-9-11-24-12-10-22/h2-3,5-6,13H,4,7-12H2,1H3,(H,20,23)(H2,19,21,26)/p+1/t13-/m1/s1. The number of hydrogen-bond acceptors (Lipinski definition) is 4. The number of benzene rings is 1. The zero-order valence-corrected chi connectivity index (χ0v) is 15.7. The second-order valence-electron chi connectivity index (χ2n) is 6.03. The summed E-state index contributed by atoms with van der Waals surface area (Å²) >= 11 is 5.11. The van der Waals surface area contributed by atoms with Crippen LogP contribution in [0.1, 0.15) is 13.3 Å². The number of carbonyl (C=O) groups is 1. The highest BCUT2D eigenvalue weighted by atomic mass is 32.1. The van der Waals surface area contributed by atoms with Gasteiger partial charge in [0.25, 0.3) is 5.91 Å². The fourth-order valence-corrected chi connectivity index (χ4v) is 2.65. The van der Waals surface area contributed by atoms with Crippen molar-refractivity contribution in [2.24, 2.45) is 0 Å². The van der Waals surface area contributed by atoms with Gasteiger partial charge >= 0.3 is 0 Å². The molecule has 0 saturated carbocycles. The Bertz CT molecular complexity index is 599. The molecular formula is C17H26FN4O3S+. The summed E-state index contributed by atoms with van der Waals surface area (Å²) in [7, 11) is 0. The first-order valence-corrected chi connectivity index (χ1v) is 9.13. The second kappa shape index (κ2) is 10.9. The lowest BCUT2D eigenvalue weighted by atomic mass is 10.3. The summed E-state index contributed by atoms with van der Waals surface area (Å²) < 4.78 is 24.1. The zero-order valence-electron chi connectivity index (χ0n) is 14.8. The average Bonchev–Trinajstić information content (AvgIpc) is 2.66. The number of rotatable bonds is 7. The van der Waals surface area contributed by atoms with Gasteiger partial charge in [-0.3, -0.25) is 15.6 Å². The highest BCUT2D eigenvalue weighted by Gasteiger charge is 2.16. The van der Waals surface area contributed by atoms with Crippen LogP contribution in [0.15, 0.2) is 24.3 Å². The first-order valence-electron chi connectivity index (χ1n) is 8.72. The number of hydrogen-bond donors (Lipinski definition) is 4. The Morgan fingerprint density at radius 2 is 2.08 bits per heavy atom. The Kier molecular flexibility index (Phi) is 8.52. The van der Waals surface area contributed by atoms with E-state index in [-0.39, 0.29) is 5.75 Å². The van der Waals surface area contributed by atoms with E-state index in [4.69, 9.17) is 21.7 Å². The van der Waals surface area contributed by atoms with Crippen molar-refractivity contribution in [3.05, 3.63) is 30.1 Å². The lowest BCUT2D eigenvalue weighted by Crippen LogP contribution is -3.14. The van der Waals surface area contributed by atoms with Crippen molar-refractivity contribution in [1.82, 2.24) is 16.2 Å². The molecule has 0 aliphatic carbocycles. The molecule has 0 unspecified atom stereocenters. The number of halogens is 1. The maximum Gasteiger partial charge on any atom is 0.279 e. The van der Waals surface area contributed by atoms with E-state index in [2.05, 4.69) is 16.2 Å². The molecule has 2 rings (SSSR count). The van der Waals surface area contributed by atoms with Crippen LogP contribution in [0.2, 0.25) is 0 Å². The summed E-state index contributed by atoms with van der Waals surface area (Å²) in [6.45, 7) is 7.03. The third-order valence-corrected chi connectivity index (χ3v) is 4.25. The minimum atomic E-state index is -0.868. The molecule has 7 nitrogen and oxygen atoms in total. The predicted molar refractivity (Wildman–Crippen MR) is 99.4 cm³/mol. The van der Waals surface area contributed by atoms with Gasteiger partial charge in [0.05, 0.1) is 19.8 Å². The number of carbonyl (C=O) groups excluding carboxylic acids is 1. The molecule has 1 amide bonds. The van der Waals surface area contributed by atoms with Gasteiger partial charge in [-0.2, -0.15) is 0 Å². The van der Waals surface area contributed by atoms with Gasteiger partial charge in [-0.15, -0.1) is 0 Å². The lowest BCUT2D eigenvalue weighted by molar-refractivity contribution is -0.908. The van der Waals surface area contributed by atoms with Gasteiger partial charge < -0.3 is 19.7 Å². The van der Waals surface area contributed by atoms with Crippen molar-refractivity contribution in [2.75, 3.05) is 39.4 Å². The Balaban J connectivity index is 1.58. The minimum Gasteiger partial charge on any atom is -0.478 e. The Morgan fingerprint density at radius 3 is 2.81 bits per heavy atom. The van der Waals surface area contributed by atoms with E-state index in [1.54, 1.807) is 12.1 Å². The monoisotopic (exact) mass is 385 g/mol. The van der Waals surface area contributed by atoms with Gasteiger partial charge in [-0.25, -0.2) is 4.39 Å². The number of nitrogens with one attached hydrogen (secondary N) is 4. The normalized spacial score (nSPS) is 15.8. The predicted octanol–water partition coefficient (Wildman–Crippen LogP) is -0.606. The molecule has 1 aromatic carbocycles. The van der Waals surface area contributed by atoms with Gasteiger partial charge in [-0.1, -0.05) is 12.1 Å². The number of para-hydroxylation sites is 1. The van der Waals surface area contributed by atoms with Crippen molar-refractivity contribution in [1.29, 1.82) is 0 Å². The van der Waals surface area contributed by atoms with Gasteiger partial charge in [-0.05, 0) is 31.3 Å². The van der Waals surface area contributed by atoms with Crippen LogP contribution in [0.4, 0.5) is 4.39 Å². The van der Waals surface area contributed by atoms with Crippen molar-refractivity contribution in [2.45, 2.75) is 19.4 Å². The highest BCUT2D eigenvalue weighted by Crippen LogP contribution is 2.16. The van der Waals surface area contributed by atoms with E-state index in [1.807, 2.05) is 0 Å². The van der Waals surface area contributed by atoms with E-state index in [1.165, 1.54) is 24.0 Å². The van der Waals surface area contributed by atoms with E-state index < -0.39 is 17.8 Å². The molecule has 9 heteroatoms. The first kappa shape index (κ1) is 20.3. The van der Waals surface area contributed by atoms with Crippen LogP contribution in [0, 0.1) is 5.82 Å². The fraction of sp³-hybridized carbons (Fsp3) is 0.529. The molecule has 1 saturated heterocycles. The summed E-state index contributed by atoms with van der Waals surface area (Å²) in [5.74, 6) is -0.934. The number of quaternary nitrogens is 1. The largest absolute Gasteiger partial charge is 0.478 e. The van der Waals surface area contributed by atoms with E-state index in [0.717, 1.165) is 39.3 Å². The summed E-state index contributed by atoms with van der Waals surface area (Å²) in [6.07, 6.45) is 0.102. The molecule has 1 aliphatic rings. The molecule has 0 bridgehead atoms. The number of hydrazine groups is 1. The maximum atomic E-state index is 13.5. The van der Waals surface area contributed by atoms with Crippen molar-refractivity contribution < 1.29 is 23.6 Å². The lowest BCUT2D eigenvalue weighted by Gasteiger charge is -2.23. The van der Waals surface area contributed by atoms with E-state index in [9.17, 15) is 9.18 Å². The summed E-state index contributed by atoms with van der Waals surface area (Å²) in [5.41, 5.74) is 5.07. The summed E-state index contributed by atoms with van der Waals surface area (Å²) in [6, 6.07) is 5.93. The molecule has 144 valence electrons. The van der Waals surface area contributed by atoms with E-state index in [0.29, 0.717) is 11.7 Å². The third kappa shape index (κ3) is 7.11. The van der Waals surface area contributed by atoms with Crippen LogP contribution < -0.4 is 25.8 Å². The molecule has 1 aromatic rings. The second-order valence-corrected chi connectivity index (χ2v) is 6.43. The number of ether oxygens (including phenoxy) is 2. The Labute approximate surface area is 158 Å². The average molecular weight is 385 g/mol. The van der Waals surface area contributed by atoms with Gasteiger partial charge in [0, 0.05) is 13.0 Å². The summed E-state index contributed by atoms with van der Waals surface area (Å²) in [4.78, 5) is 13.5. The molecule has 0 aromatic heterocycles. The van der Waals surface area contributed by atoms with Crippen molar-refractivity contribution in [3.8, 4) is 5.75 Å². The molecule has 26 heavy (non-hydrogen) atoms. The van der Waals surface area contributed by atoms with Crippen LogP contribution in [0.25, 0.3) is 0 Å². The molecular weight excluding hydrogens is 359 g/mol. The molecule has 1 fully saturated rings. The number of amides is 1. The first-order chi connectivity index (χ1) is 12.6. The molecule has 1 heterocycles. The highest BCUT2D eigenvalue weighted by molar-refractivity contribution is 7.80. The number of morpholine rings is 1. The van der Waals surface area contributed by atoms with Crippen LogP contribution in [0.5, 0.6) is 5.75 Å². The minimum absolute atomic E-state index is 0.0291. The van der Waals surface area contributed by atoms with Gasteiger partial charge in [0.2, 0.25) is 0 Å². The Morgan fingerprint density at radius 1 is 1.35 bits per heavy atom. The van der Waals surface area contributed by atoms with Crippen LogP contribution in [-0.4, -0.2) is 56.5 Å². The van der Waals surface area contributed by atoms with Gasteiger partial charge in [0.15, 0.2) is 22.8 Å². The smallest absolute Gasteiger partial charge is 0.279 e. The van der Waals surface area contributed by atoms with E-state index >= 15 is 0 Å². The quantitative estimate of drug-likeness (QED) is 0.285. The van der Waals surface area contributed by atoms with Crippen molar-refractivity contribution >= 4 is 23.2 Å². The van der Waals surface area contributed by atoms with Gasteiger partial charge in [0.1, 0.15) is 13.1 Å². The number of thiocarbonyl (C=S) groups is 1. The molecule has 1 atom stereocenters. The Hall–Kier alpha value is -1.97. The molecule has 0 spiro atoms. The third-order valence-electron chi connectivity index (χ3n) is 4.00. The van der Waals surface area contributed by atoms with Crippen LogP contribution >= 0.6 is 12.2 Å².